The van der Waals surface area contributed by atoms with Gasteiger partial charge in [0.1, 0.15) is 0 Å². The van der Waals surface area contributed by atoms with E-state index in [-0.39, 0.29) is 11.7 Å². The topological polar surface area (TPSA) is 55.8 Å². The predicted molar refractivity (Wildman–Crippen MR) is 51.2 cm³/mol. The lowest BCUT2D eigenvalue weighted by molar-refractivity contribution is -0.152. The van der Waals surface area contributed by atoms with Gasteiger partial charge >= 0.3 is 5.97 Å². The van der Waals surface area contributed by atoms with Crippen molar-refractivity contribution in [3.63, 3.8) is 0 Å². The molecule has 0 saturated carbocycles. The van der Waals surface area contributed by atoms with Crippen LogP contribution in [0.5, 0.6) is 0 Å². The van der Waals surface area contributed by atoms with Gasteiger partial charge in [0.05, 0.1) is 18.3 Å². The Balaban J connectivity index is 2.24. The van der Waals surface area contributed by atoms with Crippen LogP contribution in [0.15, 0.2) is 0 Å². The number of ether oxygens (including phenoxy) is 2. The lowest BCUT2D eigenvalue weighted by Crippen LogP contribution is -2.27. The normalized spacial score (nSPS) is 27.5. The Morgan fingerprint density at radius 1 is 1.71 bits per heavy atom. The smallest absolute Gasteiger partial charge is 0.332 e. The Labute approximate surface area is 84.2 Å². The van der Waals surface area contributed by atoms with Crippen LogP contribution < -0.4 is 0 Å². The summed E-state index contributed by atoms with van der Waals surface area (Å²) in [5.74, 6) is -0.928. The Kier molecular flexibility index (Phi) is 3.50. The molecular weight excluding hydrogens is 184 g/mol. The second-order valence-electron chi connectivity index (χ2n) is 4.35. The Bertz CT molecular complexity index is 212. The van der Waals surface area contributed by atoms with Gasteiger partial charge in [-0.2, -0.15) is 0 Å². The van der Waals surface area contributed by atoms with Gasteiger partial charge in [0.25, 0.3) is 0 Å². The molecule has 14 heavy (non-hydrogen) atoms. The maximum Gasteiger partial charge on any atom is 0.332 e. The Morgan fingerprint density at radius 3 is 2.79 bits per heavy atom. The van der Waals surface area contributed by atoms with Crippen molar-refractivity contribution in [2.75, 3.05) is 6.61 Å². The fourth-order valence-corrected chi connectivity index (χ4v) is 1.52. The molecule has 0 aromatic rings. The van der Waals surface area contributed by atoms with E-state index in [0.29, 0.717) is 6.61 Å². The molecule has 0 aliphatic carbocycles. The number of aliphatic carboxylic acids is 1. The van der Waals surface area contributed by atoms with E-state index < -0.39 is 12.1 Å². The molecule has 1 fully saturated rings. The number of carboxylic acid groups (broad SMARTS) is 1. The van der Waals surface area contributed by atoms with Crippen molar-refractivity contribution in [3.8, 4) is 0 Å². The summed E-state index contributed by atoms with van der Waals surface area (Å²) in [6.45, 7) is 5.97. The number of rotatable bonds is 4. The molecule has 0 amide bonds. The van der Waals surface area contributed by atoms with Crippen molar-refractivity contribution in [3.05, 3.63) is 0 Å². The summed E-state index contributed by atoms with van der Waals surface area (Å²) < 4.78 is 10.8. The third kappa shape index (κ3) is 3.27. The average Bonchev–Trinajstić information content (AvgIpc) is 2.41. The van der Waals surface area contributed by atoms with Crippen LogP contribution in [-0.4, -0.2) is 35.5 Å². The first-order valence-electron chi connectivity index (χ1n) is 4.93. The fourth-order valence-electron chi connectivity index (χ4n) is 1.52. The summed E-state index contributed by atoms with van der Waals surface area (Å²) in [6.07, 6.45) is 1.25. The highest BCUT2D eigenvalue weighted by atomic mass is 16.6. The minimum absolute atomic E-state index is 0.0480. The van der Waals surface area contributed by atoms with E-state index in [1.54, 1.807) is 0 Å². The minimum atomic E-state index is -0.928. The van der Waals surface area contributed by atoms with E-state index in [1.165, 1.54) is 6.92 Å². The van der Waals surface area contributed by atoms with Gasteiger partial charge < -0.3 is 14.6 Å². The summed E-state index contributed by atoms with van der Waals surface area (Å²) in [4.78, 5) is 10.5. The van der Waals surface area contributed by atoms with Gasteiger partial charge in [-0.1, -0.05) is 0 Å². The maximum atomic E-state index is 10.5. The van der Waals surface area contributed by atoms with E-state index in [4.69, 9.17) is 14.6 Å². The third-order valence-electron chi connectivity index (χ3n) is 2.43. The molecule has 4 nitrogen and oxygen atoms in total. The van der Waals surface area contributed by atoms with Gasteiger partial charge in [-0.05, 0) is 33.6 Å². The van der Waals surface area contributed by atoms with Crippen molar-refractivity contribution < 1.29 is 19.4 Å². The molecular formula is C10H18O4. The van der Waals surface area contributed by atoms with Crippen LogP contribution in [-0.2, 0) is 14.3 Å². The van der Waals surface area contributed by atoms with Gasteiger partial charge in [-0.3, -0.25) is 0 Å². The molecule has 0 spiro atoms. The summed E-state index contributed by atoms with van der Waals surface area (Å²) in [6, 6.07) is 0. The average molecular weight is 202 g/mol. The first-order chi connectivity index (χ1) is 6.41. The number of carbonyl (C=O) groups is 1. The van der Waals surface area contributed by atoms with Crippen molar-refractivity contribution >= 4 is 5.97 Å². The van der Waals surface area contributed by atoms with Gasteiger partial charge in [0.15, 0.2) is 6.10 Å². The lowest BCUT2D eigenvalue weighted by atomic mass is 10.1. The van der Waals surface area contributed by atoms with Crippen molar-refractivity contribution in [2.45, 2.75) is 51.4 Å². The monoisotopic (exact) mass is 202 g/mol. The standard InChI is InChI=1S/C10H18O4/c1-7(9(11)12)13-6-8-4-5-10(2,3)14-8/h7-8H,4-6H2,1-3H3,(H,11,12)/t7-,8?/m0/s1. The van der Waals surface area contributed by atoms with Gasteiger partial charge in [-0.25, -0.2) is 4.79 Å². The molecule has 1 rings (SSSR count). The number of hydrogen-bond acceptors (Lipinski definition) is 3. The molecule has 82 valence electrons. The predicted octanol–water partition coefficient (Wildman–Crippen LogP) is 1.43. The van der Waals surface area contributed by atoms with Gasteiger partial charge in [0, 0.05) is 0 Å². The SMILES string of the molecule is C[C@H](OCC1CCC(C)(C)O1)C(=O)O. The zero-order valence-electron chi connectivity index (χ0n) is 8.95. The molecule has 1 heterocycles. The Hall–Kier alpha value is -0.610. The van der Waals surface area contributed by atoms with Crippen LogP contribution in [0.3, 0.4) is 0 Å². The molecule has 1 N–H and O–H groups in total. The molecule has 0 radical (unpaired) electrons. The highest BCUT2D eigenvalue weighted by Crippen LogP contribution is 2.29. The molecule has 0 aromatic heterocycles. The van der Waals surface area contributed by atoms with E-state index >= 15 is 0 Å². The second-order valence-corrected chi connectivity index (χ2v) is 4.35. The minimum Gasteiger partial charge on any atom is -0.479 e. The largest absolute Gasteiger partial charge is 0.479 e. The van der Waals surface area contributed by atoms with Crippen molar-refractivity contribution in [1.82, 2.24) is 0 Å². The fraction of sp³-hybridized carbons (Fsp3) is 0.900. The van der Waals surface area contributed by atoms with E-state index in [1.807, 2.05) is 13.8 Å². The van der Waals surface area contributed by atoms with Crippen LogP contribution in [0.2, 0.25) is 0 Å². The lowest BCUT2D eigenvalue weighted by Gasteiger charge is -2.19. The number of carboxylic acids is 1. The summed E-state index contributed by atoms with van der Waals surface area (Å²) in [5.41, 5.74) is -0.0828. The molecule has 1 aliphatic rings. The highest BCUT2D eigenvalue weighted by Gasteiger charge is 2.32. The quantitative estimate of drug-likeness (QED) is 0.749. The molecule has 0 aromatic carbocycles. The van der Waals surface area contributed by atoms with Crippen molar-refractivity contribution in [1.29, 1.82) is 0 Å². The highest BCUT2D eigenvalue weighted by molar-refractivity contribution is 5.71. The van der Waals surface area contributed by atoms with E-state index in [0.717, 1.165) is 12.8 Å². The van der Waals surface area contributed by atoms with Gasteiger partial charge in [-0.15, -0.1) is 0 Å². The molecule has 4 heteroatoms. The van der Waals surface area contributed by atoms with Crippen LogP contribution >= 0.6 is 0 Å². The first kappa shape index (κ1) is 11.5. The Morgan fingerprint density at radius 2 is 2.36 bits per heavy atom. The van der Waals surface area contributed by atoms with Crippen LogP contribution in [0.4, 0.5) is 0 Å². The van der Waals surface area contributed by atoms with E-state index in [9.17, 15) is 4.79 Å². The summed E-state index contributed by atoms with van der Waals surface area (Å²) >= 11 is 0. The third-order valence-corrected chi connectivity index (χ3v) is 2.43. The first-order valence-corrected chi connectivity index (χ1v) is 4.93. The van der Waals surface area contributed by atoms with Gasteiger partial charge in [0.2, 0.25) is 0 Å². The molecule has 2 atom stereocenters. The zero-order chi connectivity index (χ0) is 10.8. The van der Waals surface area contributed by atoms with Crippen LogP contribution in [0.1, 0.15) is 33.6 Å². The summed E-state index contributed by atoms with van der Waals surface area (Å²) in [5, 5.41) is 8.59. The second kappa shape index (κ2) is 4.28. The maximum absolute atomic E-state index is 10.5. The zero-order valence-corrected chi connectivity index (χ0v) is 8.95. The van der Waals surface area contributed by atoms with Crippen LogP contribution in [0, 0.1) is 0 Å². The molecule has 1 aliphatic heterocycles. The van der Waals surface area contributed by atoms with Crippen molar-refractivity contribution in [2.24, 2.45) is 0 Å². The molecule has 1 saturated heterocycles. The summed E-state index contributed by atoms with van der Waals surface area (Å²) in [7, 11) is 0. The van der Waals surface area contributed by atoms with E-state index in [2.05, 4.69) is 0 Å². The van der Waals surface area contributed by atoms with Crippen LogP contribution in [0.25, 0.3) is 0 Å². The molecule has 1 unspecified atom stereocenters. The number of hydrogen-bond donors (Lipinski definition) is 1. The molecule has 0 bridgehead atoms.